The van der Waals surface area contributed by atoms with Crippen LogP contribution in [-0.2, 0) is 15.6 Å². The molecule has 2 aliphatic rings. The molecule has 154 valence electrons. The van der Waals surface area contributed by atoms with Crippen LogP contribution in [0.1, 0.15) is 5.82 Å². The van der Waals surface area contributed by atoms with Gasteiger partial charge in [-0.05, 0) is 30.3 Å². The zero-order valence-electron chi connectivity index (χ0n) is 15.7. The maximum atomic E-state index is 12.3. The molecule has 1 saturated heterocycles. The summed E-state index contributed by atoms with van der Waals surface area (Å²) >= 11 is 7.60. The first-order chi connectivity index (χ1) is 14.4. The first-order valence-corrected chi connectivity index (χ1v) is 12.5. The molecule has 1 aromatic heterocycles. The lowest BCUT2D eigenvalue weighted by molar-refractivity contribution is 0.601. The molecule has 2 aromatic carbocycles. The number of hydrogen-bond donors (Lipinski definition) is 1. The van der Waals surface area contributed by atoms with E-state index in [0.29, 0.717) is 32.7 Å². The third-order valence-electron chi connectivity index (χ3n) is 5.19. The van der Waals surface area contributed by atoms with Crippen molar-refractivity contribution in [3.63, 3.8) is 0 Å². The van der Waals surface area contributed by atoms with Gasteiger partial charge in [-0.1, -0.05) is 41.6 Å². The number of aliphatic imine (C=N–C) groups is 1. The average Bonchev–Trinajstić information content (AvgIpc) is 3.17. The molecule has 2 atom stereocenters. The van der Waals surface area contributed by atoms with E-state index in [-0.39, 0.29) is 29.1 Å². The minimum Gasteiger partial charge on any atom is -0.315 e. The summed E-state index contributed by atoms with van der Waals surface area (Å²) in [6.45, 7) is 0. The number of thioether (sulfide) groups is 1. The molecule has 5 rings (SSSR count). The maximum absolute atomic E-state index is 12.3. The Morgan fingerprint density at radius 1 is 1.17 bits per heavy atom. The number of aromatic nitrogens is 2. The van der Waals surface area contributed by atoms with E-state index in [0.717, 1.165) is 5.69 Å². The summed E-state index contributed by atoms with van der Waals surface area (Å²) in [7, 11) is -3.13. The van der Waals surface area contributed by atoms with E-state index in [9.17, 15) is 13.2 Å². The van der Waals surface area contributed by atoms with Gasteiger partial charge >= 0.3 is 0 Å². The molecule has 0 bridgehead atoms. The number of rotatable bonds is 3. The molecule has 3 heterocycles. The highest BCUT2D eigenvalue weighted by Crippen LogP contribution is 2.36. The van der Waals surface area contributed by atoms with Crippen LogP contribution in [0.15, 0.2) is 58.3 Å². The second kappa shape index (κ2) is 7.40. The molecule has 0 saturated carbocycles. The van der Waals surface area contributed by atoms with Crippen molar-refractivity contribution in [1.29, 1.82) is 0 Å². The smallest absolute Gasteiger partial charge is 0.258 e. The van der Waals surface area contributed by atoms with Gasteiger partial charge in [-0.3, -0.25) is 9.79 Å². The van der Waals surface area contributed by atoms with Crippen LogP contribution in [0.3, 0.4) is 0 Å². The molecule has 1 N–H and O–H groups in total. The number of benzene rings is 2. The summed E-state index contributed by atoms with van der Waals surface area (Å²) in [5, 5.41) is 1.82. The molecule has 0 aliphatic carbocycles. The van der Waals surface area contributed by atoms with Gasteiger partial charge in [0.1, 0.15) is 5.82 Å². The van der Waals surface area contributed by atoms with Gasteiger partial charge in [0, 0.05) is 10.7 Å². The van der Waals surface area contributed by atoms with Gasteiger partial charge < -0.3 is 9.88 Å². The van der Waals surface area contributed by atoms with E-state index in [1.807, 2.05) is 23.1 Å². The zero-order valence-corrected chi connectivity index (χ0v) is 18.0. The minimum atomic E-state index is -3.13. The van der Waals surface area contributed by atoms with Crippen molar-refractivity contribution >= 4 is 55.0 Å². The molecule has 2 aliphatic heterocycles. The third-order valence-corrected chi connectivity index (χ3v) is 8.11. The van der Waals surface area contributed by atoms with Gasteiger partial charge in [-0.2, -0.15) is 0 Å². The number of para-hydroxylation sites is 1. The molecule has 0 amide bonds. The number of H-pyrrole nitrogens is 1. The van der Waals surface area contributed by atoms with Crippen LogP contribution in [-0.4, -0.2) is 47.1 Å². The number of sulfone groups is 1. The van der Waals surface area contributed by atoms with Gasteiger partial charge in [0.2, 0.25) is 0 Å². The number of halogens is 1. The fourth-order valence-electron chi connectivity index (χ4n) is 3.90. The van der Waals surface area contributed by atoms with Crippen LogP contribution in [0, 0.1) is 0 Å². The van der Waals surface area contributed by atoms with Crippen molar-refractivity contribution in [2.24, 2.45) is 4.99 Å². The van der Waals surface area contributed by atoms with E-state index in [1.165, 1.54) is 11.8 Å². The number of anilines is 1. The first kappa shape index (κ1) is 19.6. The quantitative estimate of drug-likeness (QED) is 0.645. The molecular weight excluding hydrogens is 444 g/mol. The third kappa shape index (κ3) is 3.61. The standard InChI is InChI=1S/C20H17ClN4O3S2/c21-12-4-3-5-13(8-12)25-17-11-30(27,28)10-16(17)23-20(25)29-9-18-22-15-7-2-1-6-14(15)19(26)24-18/h1-8,16-17H,9-11H2,(H,22,24,26)/t16-,17-/m1/s1. The molecule has 1 fully saturated rings. The predicted octanol–water partition coefficient (Wildman–Crippen LogP) is 2.85. The van der Waals surface area contributed by atoms with Crippen molar-refractivity contribution < 1.29 is 8.42 Å². The molecule has 30 heavy (non-hydrogen) atoms. The monoisotopic (exact) mass is 460 g/mol. The molecule has 0 spiro atoms. The van der Waals surface area contributed by atoms with Crippen LogP contribution in [0.4, 0.5) is 5.69 Å². The molecule has 0 radical (unpaired) electrons. The molecule has 0 unspecified atom stereocenters. The van der Waals surface area contributed by atoms with E-state index < -0.39 is 9.84 Å². The lowest BCUT2D eigenvalue weighted by atomic mass is 10.1. The van der Waals surface area contributed by atoms with Gasteiger partial charge in [0.15, 0.2) is 15.0 Å². The largest absolute Gasteiger partial charge is 0.315 e. The van der Waals surface area contributed by atoms with Crippen LogP contribution >= 0.6 is 23.4 Å². The maximum Gasteiger partial charge on any atom is 0.258 e. The fourth-order valence-corrected chi connectivity index (χ4v) is 6.92. The Bertz CT molecular complexity index is 1340. The second-order valence-corrected chi connectivity index (χ2v) is 10.8. The fraction of sp³-hybridized carbons (Fsp3) is 0.250. The Kier molecular flexibility index (Phi) is 4.83. The van der Waals surface area contributed by atoms with Crippen LogP contribution in [0.5, 0.6) is 0 Å². The van der Waals surface area contributed by atoms with E-state index in [2.05, 4.69) is 9.97 Å². The van der Waals surface area contributed by atoms with Gasteiger partial charge in [0.05, 0.1) is 40.2 Å². The van der Waals surface area contributed by atoms with E-state index in [1.54, 1.807) is 30.3 Å². The highest BCUT2D eigenvalue weighted by atomic mass is 35.5. The summed E-state index contributed by atoms with van der Waals surface area (Å²) < 4.78 is 24.3. The number of nitrogens with zero attached hydrogens (tertiary/aromatic N) is 3. The second-order valence-electron chi connectivity index (χ2n) is 7.29. The van der Waals surface area contributed by atoms with Crippen molar-refractivity contribution in [2.45, 2.75) is 17.8 Å². The zero-order chi connectivity index (χ0) is 20.9. The SMILES string of the molecule is O=c1[nH]c(CSC2=N[C@@H]3CS(=O)(=O)C[C@H]3N2c2cccc(Cl)c2)nc2ccccc12. The van der Waals surface area contributed by atoms with E-state index >= 15 is 0 Å². The van der Waals surface area contributed by atoms with Crippen LogP contribution in [0.2, 0.25) is 5.02 Å². The number of aromatic amines is 1. The van der Waals surface area contributed by atoms with Gasteiger partial charge in [-0.25, -0.2) is 13.4 Å². The lowest BCUT2D eigenvalue weighted by Gasteiger charge is -2.26. The van der Waals surface area contributed by atoms with Crippen molar-refractivity contribution in [3.8, 4) is 0 Å². The van der Waals surface area contributed by atoms with Crippen molar-refractivity contribution in [1.82, 2.24) is 9.97 Å². The number of nitrogens with one attached hydrogen (secondary N) is 1. The highest BCUT2D eigenvalue weighted by molar-refractivity contribution is 8.13. The Hall–Kier alpha value is -2.36. The number of fused-ring (bicyclic) bond motifs is 2. The number of hydrogen-bond acceptors (Lipinski definition) is 7. The number of amidine groups is 1. The van der Waals surface area contributed by atoms with Crippen LogP contribution in [0.25, 0.3) is 10.9 Å². The molecule has 10 heteroatoms. The summed E-state index contributed by atoms with van der Waals surface area (Å²) in [6, 6.07) is 13.9. The minimum absolute atomic E-state index is 0.0455. The summed E-state index contributed by atoms with van der Waals surface area (Å²) in [5.41, 5.74) is 1.26. The normalized spacial score (nSPS) is 22.3. The Morgan fingerprint density at radius 3 is 2.83 bits per heavy atom. The summed E-state index contributed by atoms with van der Waals surface area (Å²) in [4.78, 5) is 26.3. The molecule has 3 aromatic rings. The van der Waals surface area contributed by atoms with Crippen molar-refractivity contribution in [3.05, 3.63) is 69.7 Å². The summed E-state index contributed by atoms with van der Waals surface area (Å²) in [6.07, 6.45) is 0. The van der Waals surface area contributed by atoms with Crippen LogP contribution < -0.4 is 10.5 Å². The average molecular weight is 461 g/mol. The van der Waals surface area contributed by atoms with Gasteiger partial charge in [-0.15, -0.1) is 0 Å². The highest BCUT2D eigenvalue weighted by Gasteiger charge is 2.47. The topological polar surface area (TPSA) is 95.5 Å². The Morgan fingerprint density at radius 2 is 2.00 bits per heavy atom. The Labute approximate surface area is 182 Å². The molecule has 7 nitrogen and oxygen atoms in total. The van der Waals surface area contributed by atoms with Gasteiger partial charge in [0.25, 0.3) is 5.56 Å². The first-order valence-electron chi connectivity index (χ1n) is 9.33. The van der Waals surface area contributed by atoms with Crippen molar-refractivity contribution in [2.75, 3.05) is 16.4 Å². The summed E-state index contributed by atoms with van der Waals surface area (Å²) in [5.74, 6) is 1.05. The lowest BCUT2D eigenvalue weighted by Crippen LogP contribution is -2.39. The molecular formula is C20H17ClN4O3S2. The van der Waals surface area contributed by atoms with E-state index in [4.69, 9.17) is 16.6 Å². The predicted molar refractivity (Wildman–Crippen MR) is 121 cm³/mol. The Balaban J connectivity index is 1.46.